The van der Waals surface area contributed by atoms with Gasteiger partial charge in [0, 0.05) is 23.6 Å². The molecule has 1 saturated carbocycles. The maximum atomic E-state index is 14.9. The highest BCUT2D eigenvalue weighted by Gasteiger charge is 2.47. The van der Waals surface area contributed by atoms with Crippen molar-refractivity contribution in [3.63, 3.8) is 0 Å². The Morgan fingerprint density at radius 2 is 1.72 bits per heavy atom. The van der Waals surface area contributed by atoms with E-state index in [1.807, 2.05) is 6.92 Å². The first-order chi connectivity index (χ1) is 15.3. The lowest BCUT2D eigenvalue weighted by Gasteiger charge is -2.36. The molecule has 3 rings (SSSR count). The number of hydrogen-bond acceptors (Lipinski definition) is 1. The van der Waals surface area contributed by atoms with Gasteiger partial charge in [-0.3, -0.25) is 4.39 Å². The quantitative estimate of drug-likeness (QED) is 0.272. The molecule has 0 aromatic heterocycles. The molecule has 32 heavy (non-hydrogen) atoms. The van der Waals surface area contributed by atoms with Crippen LogP contribution in [0.25, 0.3) is 11.1 Å². The summed E-state index contributed by atoms with van der Waals surface area (Å²) in [5, 5.41) is 0. The van der Waals surface area contributed by atoms with Crippen molar-refractivity contribution in [2.45, 2.75) is 63.7 Å². The zero-order chi connectivity index (χ0) is 23.3. The summed E-state index contributed by atoms with van der Waals surface area (Å²) in [5.74, 6) is -8.27. The number of ether oxygens (including phenoxy) is 1. The lowest BCUT2D eigenvalue weighted by atomic mass is 9.74. The Morgan fingerprint density at radius 1 is 0.969 bits per heavy atom. The second kappa shape index (κ2) is 10.6. The van der Waals surface area contributed by atoms with E-state index in [9.17, 15) is 26.3 Å². The Hall–Kier alpha value is -2.18. The Morgan fingerprint density at radius 3 is 2.38 bits per heavy atom. The highest BCUT2D eigenvalue weighted by molar-refractivity contribution is 5.66. The van der Waals surface area contributed by atoms with Crippen molar-refractivity contribution in [3.8, 4) is 16.9 Å². The second-order valence-electron chi connectivity index (χ2n) is 8.47. The molecule has 1 nitrogen and oxygen atoms in total. The van der Waals surface area contributed by atoms with Crippen LogP contribution in [0.4, 0.5) is 26.3 Å². The summed E-state index contributed by atoms with van der Waals surface area (Å²) in [6.45, 7) is 1.84. The Bertz CT molecular complexity index is 914. The molecule has 0 spiro atoms. The van der Waals surface area contributed by atoms with Gasteiger partial charge in [0.1, 0.15) is 11.6 Å². The van der Waals surface area contributed by atoms with Crippen LogP contribution in [0.5, 0.6) is 5.75 Å². The van der Waals surface area contributed by atoms with Crippen molar-refractivity contribution in [2.24, 2.45) is 5.92 Å². The maximum Gasteiger partial charge on any atom is 0.255 e. The van der Waals surface area contributed by atoms with Crippen molar-refractivity contribution in [1.82, 2.24) is 0 Å². The predicted octanol–water partition coefficient (Wildman–Crippen LogP) is 8.22. The molecule has 0 aliphatic heterocycles. The minimum Gasteiger partial charge on any atom is -0.493 e. The number of alkyl halides is 3. The molecule has 0 heterocycles. The van der Waals surface area contributed by atoms with Gasteiger partial charge in [-0.2, -0.15) is 0 Å². The topological polar surface area (TPSA) is 9.23 Å². The lowest BCUT2D eigenvalue weighted by molar-refractivity contribution is -0.0748. The molecule has 2 aromatic carbocycles. The molecule has 0 radical (unpaired) electrons. The van der Waals surface area contributed by atoms with Crippen LogP contribution in [0.3, 0.4) is 0 Å². The largest absolute Gasteiger partial charge is 0.493 e. The molecule has 2 aromatic rings. The monoisotopic (exact) mass is 458 g/mol. The molecule has 0 N–H and O–H groups in total. The first-order valence-electron chi connectivity index (χ1n) is 11.1. The zero-order valence-electron chi connectivity index (χ0n) is 18.1. The van der Waals surface area contributed by atoms with Crippen LogP contribution in [-0.2, 0) is 0 Å². The number of benzene rings is 2. The fraction of sp³-hybridized carbons (Fsp3) is 0.520. The summed E-state index contributed by atoms with van der Waals surface area (Å²) in [6.07, 6.45) is 2.19. The van der Waals surface area contributed by atoms with Gasteiger partial charge in [0.25, 0.3) is 5.92 Å². The van der Waals surface area contributed by atoms with E-state index in [2.05, 4.69) is 0 Å². The second-order valence-corrected chi connectivity index (χ2v) is 8.47. The van der Waals surface area contributed by atoms with Crippen LogP contribution in [0.1, 0.15) is 63.4 Å². The Balaban J connectivity index is 1.83. The molecule has 0 amide bonds. The van der Waals surface area contributed by atoms with Gasteiger partial charge in [0.05, 0.1) is 19.2 Å². The van der Waals surface area contributed by atoms with Gasteiger partial charge in [0.15, 0.2) is 11.6 Å². The predicted molar refractivity (Wildman–Crippen MR) is 112 cm³/mol. The van der Waals surface area contributed by atoms with Crippen LogP contribution >= 0.6 is 0 Å². The van der Waals surface area contributed by atoms with Crippen LogP contribution in [-0.4, -0.2) is 19.2 Å². The Labute approximate surface area is 184 Å². The minimum absolute atomic E-state index is 0.0161. The molecule has 2 unspecified atom stereocenters. The average Bonchev–Trinajstić information content (AvgIpc) is 2.75. The summed E-state index contributed by atoms with van der Waals surface area (Å²) in [5.41, 5.74) is -0.901. The third kappa shape index (κ3) is 5.41. The van der Waals surface area contributed by atoms with Gasteiger partial charge in [-0.15, -0.1) is 0 Å². The van der Waals surface area contributed by atoms with Gasteiger partial charge < -0.3 is 4.74 Å². The molecule has 2 atom stereocenters. The summed E-state index contributed by atoms with van der Waals surface area (Å²) in [4.78, 5) is 0. The van der Waals surface area contributed by atoms with Gasteiger partial charge in [-0.05, 0) is 55.7 Å². The minimum atomic E-state index is -3.23. The van der Waals surface area contributed by atoms with Crippen molar-refractivity contribution in [2.75, 3.05) is 13.3 Å². The van der Waals surface area contributed by atoms with E-state index in [0.29, 0.717) is 19.4 Å². The molecule has 1 aliphatic carbocycles. The highest BCUT2D eigenvalue weighted by atomic mass is 19.3. The SMILES string of the molecule is CCCCOc1ccc(-c2ccc(C3CCC(CCCF)CC3(F)F)c(F)c2F)c(F)c1. The molecule has 1 aliphatic rings. The van der Waals surface area contributed by atoms with E-state index in [4.69, 9.17) is 4.74 Å². The van der Waals surface area contributed by atoms with Gasteiger partial charge in [0.2, 0.25) is 0 Å². The zero-order valence-corrected chi connectivity index (χ0v) is 18.1. The average molecular weight is 458 g/mol. The fourth-order valence-corrected chi connectivity index (χ4v) is 4.42. The first kappa shape index (κ1) is 24.5. The summed E-state index contributed by atoms with van der Waals surface area (Å²) < 4.78 is 91.6. The van der Waals surface area contributed by atoms with E-state index in [1.165, 1.54) is 12.1 Å². The molecule has 0 saturated heterocycles. The third-order valence-electron chi connectivity index (χ3n) is 6.17. The number of hydrogen-bond donors (Lipinski definition) is 0. The van der Waals surface area contributed by atoms with E-state index < -0.39 is 48.0 Å². The first-order valence-corrected chi connectivity index (χ1v) is 11.1. The highest BCUT2D eigenvalue weighted by Crippen LogP contribution is 2.49. The molecule has 7 heteroatoms. The normalized spacial score (nSPS) is 20.3. The fourth-order valence-electron chi connectivity index (χ4n) is 4.42. The standard InChI is InChI=1S/C25H28F6O/c1-2-3-13-32-17-7-8-18(22(27)14-17)19-9-10-20(24(29)23(19)28)21-11-6-16(5-4-12-26)15-25(21,30)31/h7-10,14,16,21H,2-6,11-13,15H2,1H3. The molecule has 176 valence electrons. The number of halogens is 6. The van der Waals surface area contributed by atoms with Crippen molar-refractivity contribution < 1.29 is 31.1 Å². The summed E-state index contributed by atoms with van der Waals surface area (Å²) in [7, 11) is 0. The summed E-state index contributed by atoms with van der Waals surface area (Å²) >= 11 is 0. The molecular weight excluding hydrogens is 430 g/mol. The van der Waals surface area contributed by atoms with E-state index in [1.54, 1.807) is 0 Å². The van der Waals surface area contributed by atoms with Crippen LogP contribution in [0.15, 0.2) is 30.3 Å². The lowest BCUT2D eigenvalue weighted by Crippen LogP contribution is -2.35. The van der Waals surface area contributed by atoms with Crippen LogP contribution in [0.2, 0.25) is 0 Å². The Kier molecular flexibility index (Phi) is 8.12. The number of unbranched alkanes of at least 4 members (excludes halogenated alkanes) is 1. The number of rotatable bonds is 9. The van der Waals surface area contributed by atoms with Crippen molar-refractivity contribution >= 4 is 0 Å². The van der Waals surface area contributed by atoms with Gasteiger partial charge in [-0.25, -0.2) is 22.0 Å². The van der Waals surface area contributed by atoms with Gasteiger partial charge >= 0.3 is 0 Å². The van der Waals surface area contributed by atoms with Crippen molar-refractivity contribution in [3.05, 3.63) is 53.3 Å². The summed E-state index contributed by atoms with van der Waals surface area (Å²) in [6, 6.07) is 6.13. The maximum absolute atomic E-state index is 14.9. The van der Waals surface area contributed by atoms with Crippen LogP contribution < -0.4 is 4.74 Å². The van der Waals surface area contributed by atoms with Gasteiger partial charge in [-0.1, -0.05) is 25.5 Å². The van der Waals surface area contributed by atoms with Crippen LogP contribution in [0, 0.1) is 23.4 Å². The van der Waals surface area contributed by atoms with Crippen molar-refractivity contribution in [1.29, 1.82) is 0 Å². The van der Waals surface area contributed by atoms with E-state index in [0.717, 1.165) is 31.0 Å². The third-order valence-corrected chi connectivity index (χ3v) is 6.17. The molecule has 1 fully saturated rings. The van der Waals surface area contributed by atoms with E-state index >= 15 is 0 Å². The molecular formula is C25H28F6O. The van der Waals surface area contributed by atoms with E-state index in [-0.39, 0.29) is 35.6 Å². The smallest absolute Gasteiger partial charge is 0.255 e. The molecule has 0 bridgehead atoms.